The van der Waals surface area contributed by atoms with Gasteiger partial charge in [-0.05, 0) is 76.4 Å². The molecule has 140 valence electrons. The minimum Gasteiger partial charge on any atom is -0.478 e. The molecule has 3 aromatic rings. The van der Waals surface area contributed by atoms with Crippen molar-refractivity contribution in [3.63, 3.8) is 0 Å². The van der Waals surface area contributed by atoms with Crippen LogP contribution in [0.3, 0.4) is 0 Å². The lowest BCUT2D eigenvalue weighted by Gasteiger charge is -2.32. The van der Waals surface area contributed by atoms with Gasteiger partial charge in [-0.2, -0.15) is 10.2 Å². The number of hydrogen-bond acceptors (Lipinski definition) is 4. The van der Waals surface area contributed by atoms with E-state index < -0.39 is 5.97 Å². The molecule has 0 spiro atoms. The molecule has 1 N–H and O–H groups in total. The lowest BCUT2D eigenvalue weighted by atomic mass is 9.73. The number of carboxylic acid groups (broad SMARTS) is 1. The molecule has 0 aliphatic heterocycles. The number of aromatic carboxylic acids is 1. The van der Waals surface area contributed by atoms with Crippen LogP contribution in [-0.2, 0) is 5.41 Å². The van der Waals surface area contributed by atoms with E-state index in [1.54, 1.807) is 23.5 Å². The molecule has 2 aromatic carbocycles. The fraction of sp³-hybridized carbons (Fsp3) is 0.174. The monoisotopic (exact) mass is 388 g/mol. The summed E-state index contributed by atoms with van der Waals surface area (Å²) < 4.78 is 0. The second kappa shape index (κ2) is 7.17. The second-order valence-electron chi connectivity index (χ2n) is 7.47. The standard InChI is InChI=1S/C23H20N2O2S/c1-23(2)12-11-18(21-4-3-13-28-21)19-14-17(9-10-20(19)23)25-24-16-7-5-15(6-8-16)22(26)27/h3-11,13-14H,12H2,1-2H3,(H,26,27)/b25-24+. The van der Waals surface area contributed by atoms with Crippen molar-refractivity contribution >= 4 is 34.3 Å². The first kappa shape index (κ1) is 18.3. The molecule has 0 unspecified atom stereocenters. The quantitative estimate of drug-likeness (QED) is 0.490. The highest BCUT2D eigenvalue weighted by Crippen LogP contribution is 2.43. The minimum absolute atomic E-state index is 0.0818. The summed E-state index contributed by atoms with van der Waals surface area (Å²) in [7, 11) is 0. The first-order chi connectivity index (χ1) is 13.4. The molecule has 0 fully saturated rings. The highest BCUT2D eigenvalue weighted by molar-refractivity contribution is 7.11. The lowest BCUT2D eigenvalue weighted by molar-refractivity contribution is 0.0697. The number of rotatable bonds is 4. The van der Waals surface area contributed by atoms with Crippen molar-refractivity contribution in [3.8, 4) is 0 Å². The van der Waals surface area contributed by atoms with Gasteiger partial charge >= 0.3 is 5.97 Å². The molecule has 1 aliphatic carbocycles. The van der Waals surface area contributed by atoms with E-state index in [1.807, 2.05) is 6.07 Å². The van der Waals surface area contributed by atoms with E-state index in [1.165, 1.54) is 33.7 Å². The Kier molecular flexibility index (Phi) is 4.69. The molecule has 0 amide bonds. The van der Waals surface area contributed by atoms with Gasteiger partial charge in [0, 0.05) is 4.88 Å². The van der Waals surface area contributed by atoms with Gasteiger partial charge in [-0.1, -0.05) is 32.1 Å². The van der Waals surface area contributed by atoms with Gasteiger partial charge in [-0.25, -0.2) is 4.79 Å². The Labute approximate surface area is 167 Å². The minimum atomic E-state index is -0.950. The molecule has 0 bridgehead atoms. The molecule has 0 saturated heterocycles. The summed E-state index contributed by atoms with van der Waals surface area (Å²) in [5, 5.41) is 19.7. The van der Waals surface area contributed by atoms with E-state index in [-0.39, 0.29) is 11.0 Å². The molecular formula is C23H20N2O2S. The Hall–Kier alpha value is -3.05. The van der Waals surface area contributed by atoms with Crippen LogP contribution in [0, 0.1) is 0 Å². The number of nitrogens with zero attached hydrogens (tertiary/aromatic N) is 2. The second-order valence-corrected chi connectivity index (χ2v) is 8.41. The van der Waals surface area contributed by atoms with Gasteiger partial charge < -0.3 is 5.11 Å². The van der Waals surface area contributed by atoms with Crippen molar-refractivity contribution in [1.29, 1.82) is 0 Å². The molecule has 1 heterocycles. The third kappa shape index (κ3) is 3.53. The van der Waals surface area contributed by atoms with E-state index in [0.717, 1.165) is 12.1 Å². The van der Waals surface area contributed by atoms with E-state index in [2.05, 4.69) is 59.8 Å². The summed E-state index contributed by atoms with van der Waals surface area (Å²) in [6, 6.07) is 16.8. The Morgan fingerprint density at radius 3 is 2.43 bits per heavy atom. The van der Waals surface area contributed by atoms with Crippen LogP contribution in [0.5, 0.6) is 0 Å². The maximum absolute atomic E-state index is 11.0. The summed E-state index contributed by atoms with van der Waals surface area (Å²) in [4.78, 5) is 12.2. The lowest BCUT2D eigenvalue weighted by Crippen LogP contribution is -2.21. The van der Waals surface area contributed by atoms with Gasteiger partial charge in [0.2, 0.25) is 0 Å². The van der Waals surface area contributed by atoms with Gasteiger partial charge in [-0.3, -0.25) is 0 Å². The third-order valence-electron chi connectivity index (χ3n) is 5.02. The fourth-order valence-corrected chi connectivity index (χ4v) is 4.22. The summed E-state index contributed by atoms with van der Waals surface area (Å²) in [6.07, 6.45) is 3.32. The zero-order valence-corrected chi connectivity index (χ0v) is 16.5. The van der Waals surface area contributed by atoms with Crippen molar-refractivity contribution in [2.24, 2.45) is 10.2 Å². The Morgan fingerprint density at radius 1 is 1.04 bits per heavy atom. The molecule has 4 nitrogen and oxygen atoms in total. The van der Waals surface area contributed by atoms with Crippen LogP contribution in [0.15, 0.2) is 76.3 Å². The van der Waals surface area contributed by atoms with Gasteiger partial charge in [-0.15, -0.1) is 11.3 Å². The smallest absolute Gasteiger partial charge is 0.335 e. The van der Waals surface area contributed by atoms with Crippen molar-refractivity contribution in [2.45, 2.75) is 25.7 Å². The first-order valence-corrected chi connectivity index (χ1v) is 9.96. The van der Waals surface area contributed by atoms with Gasteiger partial charge in [0.1, 0.15) is 0 Å². The maximum atomic E-state index is 11.0. The van der Waals surface area contributed by atoms with Crippen LogP contribution < -0.4 is 0 Å². The van der Waals surface area contributed by atoms with Crippen molar-refractivity contribution in [2.75, 3.05) is 0 Å². The first-order valence-electron chi connectivity index (χ1n) is 9.08. The van der Waals surface area contributed by atoms with Crippen LogP contribution >= 0.6 is 11.3 Å². The molecule has 1 aromatic heterocycles. The van der Waals surface area contributed by atoms with Crippen LogP contribution in [0.2, 0.25) is 0 Å². The van der Waals surface area contributed by atoms with E-state index in [9.17, 15) is 4.79 Å². The number of fused-ring (bicyclic) bond motifs is 1. The topological polar surface area (TPSA) is 62.0 Å². The molecular weight excluding hydrogens is 368 g/mol. The van der Waals surface area contributed by atoms with Crippen LogP contribution in [0.25, 0.3) is 5.57 Å². The van der Waals surface area contributed by atoms with Gasteiger partial charge in [0.25, 0.3) is 0 Å². The summed E-state index contributed by atoms with van der Waals surface area (Å²) in [5.41, 5.74) is 5.50. The van der Waals surface area contributed by atoms with Crippen LogP contribution in [0.4, 0.5) is 11.4 Å². The van der Waals surface area contributed by atoms with Crippen molar-refractivity contribution < 1.29 is 9.90 Å². The molecule has 4 rings (SSSR count). The summed E-state index contributed by atoms with van der Waals surface area (Å²) in [6.45, 7) is 4.53. The van der Waals surface area contributed by atoms with Gasteiger partial charge in [0.15, 0.2) is 0 Å². The van der Waals surface area contributed by atoms with Crippen LogP contribution in [0.1, 0.15) is 46.6 Å². The van der Waals surface area contributed by atoms with Gasteiger partial charge in [0.05, 0.1) is 16.9 Å². The van der Waals surface area contributed by atoms with E-state index in [0.29, 0.717) is 5.69 Å². The Bertz CT molecular complexity index is 1080. The van der Waals surface area contributed by atoms with Crippen molar-refractivity contribution in [1.82, 2.24) is 0 Å². The molecule has 5 heteroatoms. The highest BCUT2D eigenvalue weighted by Gasteiger charge is 2.29. The predicted molar refractivity (Wildman–Crippen MR) is 113 cm³/mol. The zero-order valence-electron chi connectivity index (χ0n) is 15.7. The van der Waals surface area contributed by atoms with E-state index in [4.69, 9.17) is 5.11 Å². The number of hydrogen-bond donors (Lipinski definition) is 1. The average molecular weight is 388 g/mol. The van der Waals surface area contributed by atoms with E-state index >= 15 is 0 Å². The van der Waals surface area contributed by atoms with Crippen LogP contribution in [-0.4, -0.2) is 11.1 Å². The molecule has 0 saturated carbocycles. The Balaban J connectivity index is 1.68. The number of benzene rings is 2. The number of carboxylic acids is 1. The number of thiophene rings is 1. The van der Waals surface area contributed by atoms with Crippen molar-refractivity contribution in [3.05, 3.63) is 87.6 Å². The SMILES string of the molecule is CC1(C)CC=C(c2cccs2)c2cc(/N=N/c3ccc(C(=O)O)cc3)ccc21. The Morgan fingerprint density at radius 2 is 1.75 bits per heavy atom. The number of azo groups is 1. The highest BCUT2D eigenvalue weighted by atomic mass is 32.1. The molecule has 28 heavy (non-hydrogen) atoms. The fourth-order valence-electron chi connectivity index (χ4n) is 3.44. The third-order valence-corrected chi connectivity index (χ3v) is 5.92. The zero-order chi connectivity index (χ0) is 19.7. The maximum Gasteiger partial charge on any atom is 0.335 e. The molecule has 1 aliphatic rings. The number of allylic oxidation sites excluding steroid dienone is 1. The summed E-state index contributed by atoms with van der Waals surface area (Å²) in [5.74, 6) is -0.950. The summed E-state index contributed by atoms with van der Waals surface area (Å²) >= 11 is 1.74. The average Bonchev–Trinajstić information content (AvgIpc) is 3.21. The number of carbonyl (C=O) groups is 1. The predicted octanol–water partition coefficient (Wildman–Crippen LogP) is 6.97. The normalized spacial score (nSPS) is 15.3. The molecule has 0 radical (unpaired) electrons. The molecule has 0 atom stereocenters. The largest absolute Gasteiger partial charge is 0.478 e.